The molecule has 0 saturated carbocycles. The zero-order chi connectivity index (χ0) is 12.5. The summed E-state index contributed by atoms with van der Waals surface area (Å²) in [4.78, 5) is 11.4. The third-order valence-corrected chi connectivity index (χ3v) is 2.81. The number of rotatable bonds is 4. The molecule has 0 atom stereocenters. The molecule has 0 aliphatic heterocycles. The summed E-state index contributed by atoms with van der Waals surface area (Å²) < 4.78 is 1.91. The molecule has 94 valence electrons. The van der Waals surface area contributed by atoms with E-state index < -0.39 is 0 Å². The van der Waals surface area contributed by atoms with Gasteiger partial charge in [-0.1, -0.05) is 13.8 Å². The van der Waals surface area contributed by atoms with Gasteiger partial charge in [0, 0.05) is 19.0 Å². The van der Waals surface area contributed by atoms with Crippen LogP contribution < -0.4 is 5.32 Å². The largest absolute Gasteiger partial charge is 0.340 e. The molecule has 0 aromatic carbocycles. The summed E-state index contributed by atoms with van der Waals surface area (Å²) in [5.41, 5.74) is 2.27. The Bertz CT molecular complexity index is 666. The van der Waals surface area contributed by atoms with Crippen LogP contribution in [-0.2, 0) is 6.42 Å². The third-order valence-electron chi connectivity index (χ3n) is 2.81. The minimum atomic E-state index is 0.474. The summed E-state index contributed by atoms with van der Waals surface area (Å²) in [6.07, 6.45) is 4.16. The molecule has 0 unspecified atom stereocenters. The van der Waals surface area contributed by atoms with Gasteiger partial charge in [-0.25, -0.2) is 9.97 Å². The monoisotopic (exact) mass is 245 g/mol. The highest BCUT2D eigenvalue weighted by Crippen LogP contribution is 2.12. The molecule has 7 heteroatoms. The molecule has 0 bridgehead atoms. The summed E-state index contributed by atoms with van der Waals surface area (Å²) in [6, 6.07) is 0.474. The van der Waals surface area contributed by atoms with E-state index in [1.54, 1.807) is 12.7 Å². The van der Waals surface area contributed by atoms with Crippen molar-refractivity contribution in [1.82, 2.24) is 34.9 Å². The van der Waals surface area contributed by atoms with E-state index in [0.29, 0.717) is 11.7 Å². The van der Waals surface area contributed by atoms with Crippen molar-refractivity contribution in [2.75, 3.05) is 6.54 Å². The molecule has 3 rings (SSSR count). The number of hydrogen-bond donors (Lipinski definition) is 2. The Labute approximate surface area is 104 Å². The van der Waals surface area contributed by atoms with Gasteiger partial charge in [0.05, 0.1) is 6.33 Å². The smallest absolute Gasteiger partial charge is 0.189 e. The Morgan fingerprint density at radius 1 is 1.33 bits per heavy atom. The lowest BCUT2D eigenvalue weighted by Gasteiger charge is -2.06. The van der Waals surface area contributed by atoms with Crippen LogP contribution in [0.4, 0.5) is 0 Å². The highest BCUT2D eigenvalue weighted by atomic mass is 15.3. The Kier molecular flexibility index (Phi) is 2.67. The van der Waals surface area contributed by atoms with Gasteiger partial charge < -0.3 is 10.3 Å². The maximum Gasteiger partial charge on any atom is 0.189 e. The SMILES string of the molecule is CC(C)NCCc1nnc2c3[nH]cnc3ncn12. The number of nitrogens with zero attached hydrogens (tertiary/aromatic N) is 5. The van der Waals surface area contributed by atoms with E-state index in [9.17, 15) is 0 Å². The van der Waals surface area contributed by atoms with Crippen LogP contribution in [-0.4, -0.2) is 42.1 Å². The van der Waals surface area contributed by atoms with E-state index >= 15 is 0 Å². The molecule has 3 heterocycles. The van der Waals surface area contributed by atoms with E-state index in [0.717, 1.165) is 30.0 Å². The normalized spacial score (nSPS) is 11.9. The quantitative estimate of drug-likeness (QED) is 0.701. The average molecular weight is 245 g/mol. The minimum absolute atomic E-state index is 0.474. The van der Waals surface area contributed by atoms with Crippen LogP contribution in [0.5, 0.6) is 0 Å². The number of fused-ring (bicyclic) bond motifs is 3. The fraction of sp³-hybridized carbons (Fsp3) is 0.455. The molecule has 0 amide bonds. The molecule has 0 fully saturated rings. The number of hydrogen-bond acceptors (Lipinski definition) is 5. The van der Waals surface area contributed by atoms with Gasteiger partial charge in [0.15, 0.2) is 11.3 Å². The van der Waals surface area contributed by atoms with Gasteiger partial charge in [0.25, 0.3) is 0 Å². The zero-order valence-electron chi connectivity index (χ0n) is 10.4. The first-order valence-electron chi connectivity index (χ1n) is 6.01. The fourth-order valence-electron chi connectivity index (χ4n) is 1.92. The number of aromatic nitrogens is 6. The molecule has 0 saturated heterocycles. The van der Waals surface area contributed by atoms with Gasteiger partial charge in [0.1, 0.15) is 17.7 Å². The van der Waals surface area contributed by atoms with Gasteiger partial charge in [0.2, 0.25) is 0 Å². The molecule has 0 spiro atoms. The van der Waals surface area contributed by atoms with Crippen molar-refractivity contribution in [2.24, 2.45) is 0 Å². The average Bonchev–Trinajstić information content (AvgIpc) is 2.93. The van der Waals surface area contributed by atoms with E-state index in [1.807, 2.05) is 4.40 Å². The van der Waals surface area contributed by atoms with Crippen molar-refractivity contribution in [3.05, 3.63) is 18.5 Å². The topological polar surface area (TPSA) is 83.8 Å². The van der Waals surface area contributed by atoms with E-state index in [2.05, 4.69) is 44.3 Å². The zero-order valence-corrected chi connectivity index (χ0v) is 10.4. The van der Waals surface area contributed by atoms with Gasteiger partial charge in [-0.2, -0.15) is 0 Å². The summed E-state index contributed by atoms with van der Waals surface area (Å²) in [6.45, 7) is 5.12. The van der Waals surface area contributed by atoms with Crippen molar-refractivity contribution in [2.45, 2.75) is 26.3 Å². The Morgan fingerprint density at radius 3 is 3.06 bits per heavy atom. The lowest BCUT2D eigenvalue weighted by molar-refractivity contribution is 0.581. The molecule has 0 radical (unpaired) electrons. The molecular weight excluding hydrogens is 230 g/mol. The minimum Gasteiger partial charge on any atom is -0.340 e. The second kappa shape index (κ2) is 4.34. The molecule has 2 N–H and O–H groups in total. The van der Waals surface area contributed by atoms with E-state index in [-0.39, 0.29) is 0 Å². The lowest BCUT2D eigenvalue weighted by Crippen LogP contribution is -2.25. The summed E-state index contributed by atoms with van der Waals surface area (Å²) >= 11 is 0. The Balaban J connectivity index is 1.93. The molecule has 18 heavy (non-hydrogen) atoms. The molecule has 3 aromatic heterocycles. The van der Waals surface area contributed by atoms with Crippen LogP contribution in [0.25, 0.3) is 16.8 Å². The number of imidazole rings is 1. The molecular formula is C11H15N7. The predicted molar refractivity (Wildman–Crippen MR) is 67.3 cm³/mol. The standard InChI is InChI=1S/C11H15N7/c1-7(2)12-4-3-8-16-17-11-9-10(14-5-13-9)15-6-18(8)11/h5-7,12H,3-4H2,1-2H3,(H,13,14). The van der Waals surface area contributed by atoms with Crippen LogP contribution in [0.1, 0.15) is 19.7 Å². The maximum absolute atomic E-state index is 4.27. The van der Waals surface area contributed by atoms with Crippen LogP contribution in [0, 0.1) is 0 Å². The Morgan fingerprint density at radius 2 is 2.22 bits per heavy atom. The van der Waals surface area contributed by atoms with Gasteiger partial charge >= 0.3 is 0 Å². The first-order valence-corrected chi connectivity index (χ1v) is 6.01. The number of nitrogens with one attached hydrogen (secondary N) is 2. The molecule has 0 aliphatic carbocycles. The van der Waals surface area contributed by atoms with E-state index in [1.165, 1.54) is 0 Å². The Hall–Kier alpha value is -2.02. The highest BCUT2D eigenvalue weighted by molar-refractivity contribution is 5.84. The van der Waals surface area contributed by atoms with Crippen molar-refractivity contribution >= 4 is 16.8 Å². The van der Waals surface area contributed by atoms with Crippen molar-refractivity contribution < 1.29 is 0 Å². The van der Waals surface area contributed by atoms with Crippen LogP contribution in [0.2, 0.25) is 0 Å². The summed E-state index contributed by atoms with van der Waals surface area (Å²) in [5, 5.41) is 11.8. The third kappa shape index (κ3) is 1.82. The first kappa shape index (κ1) is 11.1. The van der Waals surface area contributed by atoms with E-state index in [4.69, 9.17) is 0 Å². The maximum atomic E-state index is 4.27. The van der Waals surface area contributed by atoms with Crippen LogP contribution >= 0.6 is 0 Å². The summed E-state index contributed by atoms with van der Waals surface area (Å²) in [5.74, 6) is 0.905. The van der Waals surface area contributed by atoms with Gasteiger partial charge in [-0.15, -0.1) is 10.2 Å². The molecule has 3 aromatic rings. The lowest BCUT2D eigenvalue weighted by atomic mass is 10.3. The number of H-pyrrole nitrogens is 1. The second-order valence-corrected chi connectivity index (χ2v) is 4.51. The first-order chi connectivity index (χ1) is 8.75. The van der Waals surface area contributed by atoms with Crippen molar-refractivity contribution in [1.29, 1.82) is 0 Å². The second-order valence-electron chi connectivity index (χ2n) is 4.51. The molecule has 0 aliphatic rings. The molecule has 7 nitrogen and oxygen atoms in total. The van der Waals surface area contributed by atoms with Gasteiger partial charge in [-0.05, 0) is 0 Å². The predicted octanol–water partition coefficient (Wildman–Crippen LogP) is 0.541. The fourth-order valence-corrected chi connectivity index (χ4v) is 1.92. The van der Waals surface area contributed by atoms with Crippen molar-refractivity contribution in [3.8, 4) is 0 Å². The van der Waals surface area contributed by atoms with Crippen LogP contribution in [0.15, 0.2) is 12.7 Å². The highest BCUT2D eigenvalue weighted by Gasteiger charge is 2.10. The van der Waals surface area contributed by atoms with Crippen LogP contribution in [0.3, 0.4) is 0 Å². The van der Waals surface area contributed by atoms with Crippen molar-refractivity contribution in [3.63, 3.8) is 0 Å². The van der Waals surface area contributed by atoms with Gasteiger partial charge in [-0.3, -0.25) is 4.40 Å². The number of aromatic amines is 1. The summed E-state index contributed by atoms with van der Waals surface area (Å²) in [7, 11) is 0.